The zero-order valence-corrected chi connectivity index (χ0v) is 20.2. The summed E-state index contributed by atoms with van der Waals surface area (Å²) in [6.07, 6.45) is 1.56. The second-order valence-corrected chi connectivity index (χ2v) is 11.5. The number of aromatic nitrogens is 1. The van der Waals surface area contributed by atoms with Crippen molar-refractivity contribution in [3.8, 4) is 0 Å². The number of fused-ring (bicyclic) bond motifs is 2. The van der Waals surface area contributed by atoms with E-state index in [0.717, 1.165) is 15.8 Å². The molecule has 3 aromatic carbocycles. The van der Waals surface area contributed by atoms with Crippen molar-refractivity contribution >= 4 is 54.8 Å². The van der Waals surface area contributed by atoms with Crippen LogP contribution in [0.15, 0.2) is 91.3 Å². The molecule has 0 atom stereocenters. The van der Waals surface area contributed by atoms with Crippen molar-refractivity contribution in [1.82, 2.24) is 4.98 Å². The molecule has 0 amide bonds. The molecule has 4 aromatic rings. The van der Waals surface area contributed by atoms with E-state index in [-0.39, 0.29) is 16.4 Å². The van der Waals surface area contributed by atoms with Gasteiger partial charge in [-0.15, -0.1) is 11.3 Å². The van der Waals surface area contributed by atoms with Gasteiger partial charge in [-0.05, 0) is 43.7 Å². The number of thiazole rings is 1. The smallest absolute Gasteiger partial charge is 0.283 e. The Kier molecular flexibility index (Phi) is 5.52. The van der Waals surface area contributed by atoms with Gasteiger partial charge in [-0.25, -0.2) is 4.98 Å². The third-order valence-corrected chi connectivity index (χ3v) is 8.81. The first-order valence-electron chi connectivity index (χ1n) is 10.1. The molecule has 33 heavy (non-hydrogen) atoms. The summed E-state index contributed by atoms with van der Waals surface area (Å²) < 4.78 is 32.3. The zero-order chi connectivity index (χ0) is 23.2. The van der Waals surface area contributed by atoms with Crippen LogP contribution in [-0.2, 0) is 10.0 Å². The number of carbonyl (C=O) groups is 1. The summed E-state index contributed by atoms with van der Waals surface area (Å²) in [7, 11) is -3.97. The number of hydrogen-bond acceptors (Lipinski definition) is 6. The second kappa shape index (κ2) is 8.37. The molecule has 1 aliphatic carbocycles. The normalized spacial score (nSPS) is 15.0. The average Bonchev–Trinajstić information content (AvgIpc) is 3.19. The van der Waals surface area contributed by atoms with E-state index in [4.69, 9.17) is 0 Å². The fraction of sp³-hybridized carbons (Fsp3) is 0.0800. The van der Waals surface area contributed by atoms with Crippen molar-refractivity contribution in [3.63, 3.8) is 0 Å². The van der Waals surface area contributed by atoms with Crippen molar-refractivity contribution < 1.29 is 13.2 Å². The third-order valence-electron chi connectivity index (χ3n) is 5.24. The highest BCUT2D eigenvalue weighted by molar-refractivity contribution is 8.05. The molecule has 164 valence electrons. The molecular weight excluding hydrogens is 472 g/mol. The van der Waals surface area contributed by atoms with Crippen molar-refractivity contribution in [3.05, 3.63) is 100.0 Å². The van der Waals surface area contributed by atoms with Gasteiger partial charge in [0.25, 0.3) is 10.0 Å². The summed E-state index contributed by atoms with van der Waals surface area (Å²) in [6, 6.07) is 19.9. The molecule has 8 heteroatoms. The number of allylic oxidation sites excluding steroid dienone is 2. The third kappa shape index (κ3) is 4.17. The average molecular weight is 491 g/mol. The van der Waals surface area contributed by atoms with Gasteiger partial charge in [0, 0.05) is 11.1 Å². The molecule has 1 aromatic heterocycles. The minimum Gasteiger partial charge on any atom is -0.288 e. The molecular formula is C25H18N2O3S3. The molecule has 0 spiro atoms. The summed E-state index contributed by atoms with van der Waals surface area (Å²) in [4.78, 5) is 18.3. The summed E-state index contributed by atoms with van der Waals surface area (Å²) in [6.45, 7) is 3.66. The van der Waals surface area contributed by atoms with Crippen LogP contribution in [0.4, 0.5) is 0 Å². The van der Waals surface area contributed by atoms with Gasteiger partial charge in [-0.3, -0.25) is 4.79 Å². The lowest BCUT2D eigenvalue weighted by Gasteiger charge is -2.16. The molecule has 0 saturated carbocycles. The van der Waals surface area contributed by atoms with E-state index in [2.05, 4.69) is 9.38 Å². The number of Topliss-reactive ketones (excluding diaryl/α,β-unsaturated/α-hetero) is 1. The molecule has 1 heterocycles. The predicted molar refractivity (Wildman–Crippen MR) is 134 cm³/mol. The monoisotopic (exact) mass is 490 g/mol. The van der Waals surface area contributed by atoms with Crippen molar-refractivity contribution in [2.45, 2.75) is 23.1 Å². The van der Waals surface area contributed by atoms with Crippen LogP contribution in [0.2, 0.25) is 0 Å². The van der Waals surface area contributed by atoms with Gasteiger partial charge in [-0.1, -0.05) is 65.9 Å². The molecule has 0 bridgehead atoms. The Bertz CT molecular complexity index is 1570. The van der Waals surface area contributed by atoms with Gasteiger partial charge in [0.1, 0.15) is 0 Å². The number of carbonyl (C=O) groups excluding carboxylic acids is 1. The molecule has 5 nitrogen and oxygen atoms in total. The van der Waals surface area contributed by atoms with Crippen LogP contribution in [0.25, 0.3) is 10.2 Å². The lowest BCUT2D eigenvalue weighted by atomic mass is 9.94. The highest BCUT2D eigenvalue weighted by Crippen LogP contribution is 2.38. The van der Waals surface area contributed by atoms with E-state index in [9.17, 15) is 13.2 Å². The maximum atomic E-state index is 13.2. The van der Waals surface area contributed by atoms with Crippen molar-refractivity contribution in [2.75, 3.05) is 0 Å². The number of ketones is 1. The Labute approximate surface area is 200 Å². The van der Waals surface area contributed by atoms with Gasteiger partial charge in [0.05, 0.1) is 25.7 Å². The van der Waals surface area contributed by atoms with Crippen LogP contribution in [0.3, 0.4) is 0 Å². The number of sulfonamides is 1. The predicted octanol–water partition coefficient (Wildman–Crippen LogP) is 5.96. The maximum Gasteiger partial charge on any atom is 0.283 e. The Morgan fingerprint density at radius 3 is 2.42 bits per heavy atom. The van der Waals surface area contributed by atoms with Crippen molar-refractivity contribution in [1.29, 1.82) is 0 Å². The summed E-state index contributed by atoms with van der Waals surface area (Å²) >= 11 is 2.73. The van der Waals surface area contributed by atoms with Crippen LogP contribution < -0.4 is 0 Å². The Balaban J connectivity index is 1.61. The maximum absolute atomic E-state index is 13.2. The minimum atomic E-state index is -3.97. The van der Waals surface area contributed by atoms with E-state index in [1.807, 2.05) is 37.3 Å². The second-order valence-electron chi connectivity index (χ2n) is 7.65. The fourth-order valence-corrected chi connectivity index (χ4v) is 7.03. The summed E-state index contributed by atoms with van der Waals surface area (Å²) in [5.74, 6) is -0.169. The number of nitrogens with zero attached hydrogens (tertiary/aromatic N) is 2. The first-order chi connectivity index (χ1) is 15.8. The van der Waals surface area contributed by atoms with Gasteiger partial charge in [0.2, 0.25) is 5.78 Å². The standard InChI is InChI=1S/C25H18N2O3S3/c1-15-11-12-23(16(2)13-15)33(29,30)27-20-14-22(24(28)18-8-4-3-7-17(18)20)32-25-26-19-9-5-6-10-21(19)31-25/h3-14H,1-2H3. The Morgan fingerprint density at radius 1 is 0.939 bits per heavy atom. The molecule has 0 aliphatic heterocycles. The van der Waals surface area contributed by atoms with E-state index in [1.54, 1.807) is 49.4 Å². The fourth-order valence-electron chi connectivity index (χ4n) is 3.71. The van der Waals surface area contributed by atoms with Crippen molar-refractivity contribution in [2.24, 2.45) is 4.40 Å². The lowest BCUT2D eigenvalue weighted by molar-refractivity contribution is 0.104. The largest absolute Gasteiger partial charge is 0.288 e. The molecule has 0 fully saturated rings. The number of benzene rings is 3. The van der Waals surface area contributed by atoms with Gasteiger partial charge in [0.15, 0.2) is 4.34 Å². The summed E-state index contributed by atoms with van der Waals surface area (Å²) in [5, 5.41) is 0. The van der Waals surface area contributed by atoms with Gasteiger partial charge >= 0.3 is 0 Å². The van der Waals surface area contributed by atoms with E-state index in [1.165, 1.54) is 23.1 Å². The van der Waals surface area contributed by atoms with Crippen LogP contribution in [0, 0.1) is 13.8 Å². The molecule has 1 aliphatic rings. The highest BCUT2D eigenvalue weighted by atomic mass is 32.2. The zero-order valence-electron chi connectivity index (χ0n) is 17.8. The van der Waals surface area contributed by atoms with Crippen LogP contribution in [0.1, 0.15) is 27.0 Å². The summed E-state index contributed by atoms with van der Waals surface area (Å²) in [5.41, 5.74) is 3.65. The van der Waals surface area contributed by atoms with Gasteiger partial charge < -0.3 is 0 Å². The Hall–Kier alpha value is -3.07. The Morgan fingerprint density at radius 2 is 1.67 bits per heavy atom. The number of aryl methyl sites for hydroxylation is 2. The first-order valence-corrected chi connectivity index (χ1v) is 13.2. The number of hydrogen-bond donors (Lipinski definition) is 0. The molecule has 0 saturated heterocycles. The number of thioether (sulfide) groups is 1. The lowest BCUT2D eigenvalue weighted by Crippen LogP contribution is -2.17. The molecule has 0 radical (unpaired) electrons. The van der Waals surface area contributed by atoms with E-state index < -0.39 is 10.0 Å². The minimum absolute atomic E-state index is 0.156. The molecule has 0 N–H and O–H groups in total. The molecule has 0 unspecified atom stereocenters. The van der Waals surface area contributed by atoms with E-state index >= 15 is 0 Å². The van der Waals surface area contributed by atoms with Crippen LogP contribution in [0.5, 0.6) is 0 Å². The number of rotatable bonds is 4. The quantitative estimate of drug-likeness (QED) is 0.353. The number of para-hydroxylation sites is 1. The first kappa shape index (κ1) is 21.8. The van der Waals surface area contributed by atoms with Crippen LogP contribution >= 0.6 is 23.1 Å². The van der Waals surface area contributed by atoms with Gasteiger partial charge in [-0.2, -0.15) is 12.8 Å². The highest BCUT2D eigenvalue weighted by Gasteiger charge is 2.27. The topological polar surface area (TPSA) is 76.5 Å². The van der Waals surface area contributed by atoms with Crippen LogP contribution in [-0.4, -0.2) is 24.9 Å². The molecule has 5 rings (SSSR count). The van der Waals surface area contributed by atoms with E-state index in [0.29, 0.717) is 25.9 Å². The SMILES string of the molecule is Cc1ccc(S(=O)(=O)N=C2C=C(Sc3nc4ccccc4s3)C(=O)c3ccccc32)c(C)c1.